The molecule has 0 aliphatic carbocycles. The van der Waals surface area contributed by atoms with Crippen LogP contribution in [0.1, 0.15) is 46.5 Å². The first-order chi connectivity index (χ1) is 11.4. The Bertz CT molecular complexity index is 476. The molecule has 0 aromatic rings. The van der Waals surface area contributed by atoms with Crippen LogP contribution in [0.25, 0.3) is 0 Å². The van der Waals surface area contributed by atoms with Crippen molar-refractivity contribution in [2.45, 2.75) is 58.7 Å². The number of esters is 1. The molecule has 1 aliphatic heterocycles. The Hall–Kier alpha value is -1.69. The van der Waals surface area contributed by atoms with E-state index in [0.717, 1.165) is 19.3 Å². The van der Waals surface area contributed by atoms with E-state index in [0.29, 0.717) is 0 Å². The van der Waals surface area contributed by atoms with Gasteiger partial charge in [0.1, 0.15) is 12.0 Å². The van der Waals surface area contributed by atoms with Gasteiger partial charge in [-0.05, 0) is 26.2 Å². The third kappa shape index (κ3) is 4.44. The molecule has 1 saturated heterocycles. The molecule has 0 saturated carbocycles. The van der Waals surface area contributed by atoms with E-state index < -0.39 is 24.2 Å². The van der Waals surface area contributed by atoms with Crippen LogP contribution in [0, 0.1) is 11.8 Å². The average molecular weight is 339 g/mol. The maximum Gasteiger partial charge on any atom is 0.331 e. The number of methoxy groups -OCH3 is 1. The van der Waals surface area contributed by atoms with E-state index in [9.17, 15) is 14.4 Å². The fourth-order valence-electron chi connectivity index (χ4n) is 3.19. The van der Waals surface area contributed by atoms with E-state index in [1.807, 2.05) is 6.92 Å². The number of allylic oxidation sites excluding steroid dienone is 1. The molecular formula is C18H29NO5. The molecule has 1 amide bonds. The second-order valence-electron chi connectivity index (χ2n) is 6.15. The minimum Gasteiger partial charge on any atom is -0.467 e. The number of ketones is 1. The van der Waals surface area contributed by atoms with Gasteiger partial charge in [-0.2, -0.15) is 0 Å². The third-order valence-corrected chi connectivity index (χ3v) is 4.54. The van der Waals surface area contributed by atoms with Crippen LogP contribution in [0.3, 0.4) is 0 Å². The van der Waals surface area contributed by atoms with E-state index in [-0.39, 0.29) is 30.6 Å². The quantitative estimate of drug-likeness (QED) is 0.366. The van der Waals surface area contributed by atoms with E-state index >= 15 is 0 Å². The van der Waals surface area contributed by atoms with Gasteiger partial charge in [-0.15, -0.1) is 6.58 Å². The molecule has 136 valence electrons. The highest BCUT2D eigenvalue weighted by Crippen LogP contribution is 2.31. The van der Waals surface area contributed by atoms with Gasteiger partial charge in [0, 0.05) is 5.92 Å². The summed E-state index contributed by atoms with van der Waals surface area (Å²) in [4.78, 5) is 38.4. The van der Waals surface area contributed by atoms with Gasteiger partial charge >= 0.3 is 5.97 Å². The van der Waals surface area contributed by atoms with Crippen molar-refractivity contribution in [1.82, 2.24) is 4.90 Å². The zero-order valence-corrected chi connectivity index (χ0v) is 15.1. The van der Waals surface area contributed by atoms with Crippen LogP contribution in [0.2, 0.25) is 0 Å². The van der Waals surface area contributed by atoms with Gasteiger partial charge < -0.3 is 9.47 Å². The molecule has 2 unspecified atom stereocenters. The summed E-state index contributed by atoms with van der Waals surface area (Å²) < 4.78 is 10.6. The minimum absolute atomic E-state index is 0.0992. The highest BCUT2D eigenvalue weighted by Gasteiger charge is 2.47. The normalized spacial score (nSPS) is 22.8. The first-order valence-corrected chi connectivity index (χ1v) is 8.55. The Morgan fingerprint density at radius 3 is 2.50 bits per heavy atom. The first kappa shape index (κ1) is 20.4. The van der Waals surface area contributed by atoms with E-state index in [4.69, 9.17) is 9.47 Å². The summed E-state index contributed by atoms with van der Waals surface area (Å²) in [7, 11) is 1.29. The molecule has 0 bridgehead atoms. The molecule has 6 heteroatoms. The van der Waals surface area contributed by atoms with Gasteiger partial charge in [0.25, 0.3) is 0 Å². The zero-order valence-electron chi connectivity index (χ0n) is 15.1. The van der Waals surface area contributed by atoms with Crippen molar-refractivity contribution in [3.05, 3.63) is 12.7 Å². The van der Waals surface area contributed by atoms with Gasteiger partial charge in [0.2, 0.25) is 5.91 Å². The highest BCUT2D eigenvalue weighted by molar-refractivity contribution is 6.01. The topological polar surface area (TPSA) is 72.9 Å². The lowest BCUT2D eigenvalue weighted by molar-refractivity contribution is -0.157. The van der Waals surface area contributed by atoms with E-state index in [1.165, 1.54) is 18.9 Å². The summed E-state index contributed by atoms with van der Waals surface area (Å²) in [5.41, 5.74) is 0. The van der Waals surface area contributed by atoms with Crippen molar-refractivity contribution in [3.63, 3.8) is 0 Å². The van der Waals surface area contributed by atoms with Crippen LogP contribution in [-0.4, -0.2) is 48.5 Å². The van der Waals surface area contributed by atoms with Gasteiger partial charge in [0.05, 0.1) is 19.6 Å². The number of Topliss-reactive ketones (excluding diaryl/α,β-unsaturated/α-hetero) is 1. The van der Waals surface area contributed by atoms with Crippen molar-refractivity contribution < 1.29 is 23.9 Å². The van der Waals surface area contributed by atoms with Gasteiger partial charge in [-0.3, -0.25) is 14.5 Å². The Balaban J connectivity index is 3.17. The number of hydrogen-bond acceptors (Lipinski definition) is 5. The van der Waals surface area contributed by atoms with Crippen molar-refractivity contribution in [3.8, 4) is 0 Å². The summed E-state index contributed by atoms with van der Waals surface area (Å²) in [5.74, 6) is -1.85. The lowest BCUT2D eigenvalue weighted by atomic mass is 9.94. The molecule has 1 heterocycles. The standard InChI is InChI=1S/C18H29NO5/c1-6-9-13(8-3)17-19(15(11-24-17)18(22)23-5)16(21)14(10-7-2)12(4)20/h7,13-15,17H,2,6,8-11H2,1,3-5H3/t13?,14?,15-,17+/m1/s1. The largest absolute Gasteiger partial charge is 0.467 e. The first-order valence-electron chi connectivity index (χ1n) is 8.55. The Morgan fingerprint density at radius 1 is 1.38 bits per heavy atom. The maximum atomic E-state index is 13.0. The molecular weight excluding hydrogens is 310 g/mol. The van der Waals surface area contributed by atoms with Gasteiger partial charge in [-0.1, -0.05) is 26.3 Å². The fraction of sp³-hybridized carbons (Fsp3) is 0.722. The second-order valence-corrected chi connectivity index (χ2v) is 6.15. The molecule has 1 aliphatic rings. The summed E-state index contributed by atoms with van der Waals surface area (Å²) in [6.45, 7) is 9.20. The monoisotopic (exact) mass is 339 g/mol. The molecule has 1 fully saturated rings. The molecule has 0 aromatic carbocycles. The maximum absolute atomic E-state index is 13.0. The van der Waals surface area contributed by atoms with Gasteiger partial charge in [-0.25, -0.2) is 4.79 Å². The lowest BCUT2D eigenvalue weighted by Crippen LogP contribution is -2.51. The summed E-state index contributed by atoms with van der Waals surface area (Å²) in [5, 5.41) is 0. The third-order valence-electron chi connectivity index (χ3n) is 4.54. The van der Waals surface area contributed by atoms with E-state index in [1.54, 1.807) is 6.08 Å². The summed E-state index contributed by atoms with van der Waals surface area (Å²) in [6.07, 6.45) is 3.94. The number of carbonyl (C=O) groups excluding carboxylic acids is 3. The van der Waals surface area contributed by atoms with Crippen LogP contribution >= 0.6 is 0 Å². The molecule has 24 heavy (non-hydrogen) atoms. The van der Waals surface area contributed by atoms with Crippen LogP contribution in [0.15, 0.2) is 12.7 Å². The Morgan fingerprint density at radius 2 is 2.04 bits per heavy atom. The number of carbonyl (C=O) groups is 3. The van der Waals surface area contributed by atoms with Crippen LogP contribution < -0.4 is 0 Å². The minimum atomic E-state index is -0.835. The Kier molecular flexibility index (Phi) is 8.11. The number of amides is 1. The van der Waals surface area contributed by atoms with Crippen molar-refractivity contribution in [2.75, 3.05) is 13.7 Å². The van der Waals surface area contributed by atoms with Crippen molar-refractivity contribution >= 4 is 17.7 Å². The molecule has 0 radical (unpaired) electrons. The SMILES string of the molecule is C=CCC(C(C)=O)C(=O)N1[C@@H](C(=O)OC)CO[C@H]1C(CC)CCC. The van der Waals surface area contributed by atoms with Crippen molar-refractivity contribution in [1.29, 1.82) is 0 Å². The molecule has 4 atom stereocenters. The number of rotatable bonds is 9. The van der Waals surface area contributed by atoms with E-state index in [2.05, 4.69) is 13.5 Å². The number of nitrogens with zero attached hydrogens (tertiary/aromatic N) is 1. The Labute approximate surface area is 144 Å². The average Bonchev–Trinajstić information content (AvgIpc) is 3.00. The number of hydrogen-bond donors (Lipinski definition) is 0. The smallest absolute Gasteiger partial charge is 0.331 e. The molecule has 0 N–H and O–H groups in total. The van der Waals surface area contributed by atoms with Crippen LogP contribution in [0.5, 0.6) is 0 Å². The van der Waals surface area contributed by atoms with Crippen LogP contribution in [-0.2, 0) is 23.9 Å². The zero-order chi connectivity index (χ0) is 18.3. The summed E-state index contributed by atoms with van der Waals surface area (Å²) >= 11 is 0. The van der Waals surface area contributed by atoms with Crippen LogP contribution in [0.4, 0.5) is 0 Å². The molecule has 1 rings (SSSR count). The molecule has 0 spiro atoms. The number of ether oxygens (including phenoxy) is 2. The van der Waals surface area contributed by atoms with Crippen molar-refractivity contribution in [2.24, 2.45) is 11.8 Å². The summed E-state index contributed by atoms with van der Waals surface area (Å²) in [6, 6.07) is -0.801. The van der Waals surface area contributed by atoms with Gasteiger partial charge in [0.15, 0.2) is 6.04 Å². The predicted molar refractivity (Wildman–Crippen MR) is 90.1 cm³/mol. The molecule has 6 nitrogen and oxygen atoms in total. The molecule has 0 aromatic heterocycles. The fourth-order valence-corrected chi connectivity index (χ4v) is 3.19. The lowest BCUT2D eigenvalue weighted by Gasteiger charge is -2.33. The second kappa shape index (κ2) is 9.57. The predicted octanol–water partition coefficient (Wildman–Crippen LogP) is 2.32. The highest BCUT2D eigenvalue weighted by atomic mass is 16.5.